The summed E-state index contributed by atoms with van der Waals surface area (Å²) in [5, 5.41) is 10.3. The minimum absolute atomic E-state index is 0.121. The van der Waals surface area contributed by atoms with Gasteiger partial charge in [0.2, 0.25) is 0 Å². The summed E-state index contributed by atoms with van der Waals surface area (Å²) in [5.74, 6) is -1.33. The molecular weight excluding hydrogens is 304 g/mol. The second-order valence-electron chi connectivity index (χ2n) is 5.81. The van der Waals surface area contributed by atoms with Gasteiger partial charge >= 0.3 is 0 Å². The Bertz CT molecular complexity index is 800. The molecule has 5 nitrogen and oxygen atoms in total. The molecule has 24 heavy (non-hydrogen) atoms. The number of pyridine rings is 1. The van der Waals surface area contributed by atoms with Crippen molar-refractivity contribution in [1.82, 2.24) is 9.88 Å². The summed E-state index contributed by atoms with van der Waals surface area (Å²) in [6, 6.07) is 12.1. The fourth-order valence-electron chi connectivity index (χ4n) is 3.14. The van der Waals surface area contributed by atoms with Gasteiger partial charge in [-0.25, -0.2) is 0 Å². The van der Waals surface area contributed by atoms with Crippen molar-refractivity contribution in [2.45, 2.75) is 25.9 Å². The summed E-state index contributed by atoms with van der Waals surface area (Å²) in [5.41, 5.74) is 1.75. The third-order valence-corrected chi connectivity index (χ3v) is 4.32. The molecule has 1 aliphatic rings. The number of aromatic nitrogens is 1. The van der Waals surface area contributed by atoms with Gasteiger partial charge in [-0.05, 0) is 31.0 Å². The van der Waals surface area contributed by atoms with Gasteiger partial charge in [-0.1, -0.05) is 36.4 Å². The highest BCUT2D eigenvalue weighted by atomic mass is 16.3. The molecule has 2 heterocycles. The highest BCUT2D eigenvalue weighted by Gasteiger charge is 2.44. The van der Waals surface area contributed by atoms with Crippen LogP contribution in [0, 0.1) is 0 Å². The van der Waals surface area contributed by atoms with Crippen LogP contribution in [0.2, 0.25) is 0 Å². The predicted molar refractivity (Wildman–Crippen MR) is 89.0 cm³/mol. The van der Waals surface area contributed by atoms with E-state index >= 15 is 0 Å². The van der Waals surface area contributed by atoms with E-state index in [1.807, 2.05) is 37.3 Å². The third-order valence-electron chi connectivity index (χ3n) is 4.32. The average molecular weight is 322 g/mol. The fraction of sp³-hybridized carbons (Fsp3) is 0.211. The quantitative estimate of drug-likeness (QED) is 0.939. The zero-order valence-electron chi connectivity index (χ0n) is 13.5. The standard InChI is InChI=1S/C19H18N2O3/c1-12(14-7-4-3-5-8-14)21-17(15-9-6-10-20-11-15)16(13(2)22)18(23)19(21)24/h3-12,17,23H,1-2H3. The Balaban J connectivity index is 2.11. The highest BCUT2D eigenvalue weighted by Crippen LogP contribution is 2.42. The summed E-state index contributed by atoms with van der Waals surface area (Å²) in [4.78, 5) is 30.4. The number of hydrogen-bond donors (Lipinski definition) is 1. The molecule has 0 bridgehead atoms. The van der Waals surface area contributed by atoms with Crippen LogP contribution in [0.3, 0.4) is 0 Å². The van der Waals surface area contributed by atoms with Crippen LogP contribution in [0.1, 0.15) is 37.1 Å². The molecule has 0 fully saturated rings. The van der Waals surface area contributed by atoms with Crippen LogP contribution in [0.4, 0.5) is 0 Å². The Morgan fingerprint density at radius 1 is 1.21 bits per heavy atom. The molecule has 2 atom stereocenters. The summed E-state index contributed by atoms with van der Waals surface area (Å²) < 4.78 is 0. The predicted octanol–water partition coefficient (Wildman–Crippen LogP) is 3.13. The van der Waals surface area contributed by atoms with Crippen molar-refractivity contribution in [1.29, 1.82) is 0 Å². The molecule has 3 rings (SSSR count). The van der Waals surface area contributed by atoms with Crippen molar-refractivity contribution in [3.63, 3.8) is 0 Å². The number of Topliss-reactive ketones (excluding diaryl/α,β-unsaturated/α-hetero) is 1. The van der Waals surface area contributed by atoms with Gasteiger partial charge in [-0.2, -0.15) is 0 Å². The van der Waals surface area contributed by atoms with Crippen molar-refractivity contribution < 1.29 is 14.7 Å². The Kier molecular flexibility index (Phi) is 4.16. The molecule has 0 saturated carbocycles. The van der Waals surface area contributed by atoms with Crippen molar-refractivity contribution in [3.05, 3.63) is 77.3 Å². The van der Waals surface area contributed by atoms with Gasteiger partial charge in [-0.15, -0.1) is 0 Å². The lowest BCUT2D eigenvalue weighted by Crippen LogP contribution is -2.33. The van der Waals surface area contributed by atoms with E-state index in [1.54, 1.807) is 29.4 Å². The number of carbonyl (C=O) groups excluding carboxylic acids is 2. The lowest BCUT2D eigenvalue weighted by molar-refractivity contribution is -0.131. The second kappa shape index (κ2) is 6.28. The van der Waals surface area contributed by atoms with Crippen LogP contribution in [0.15, 0.2) is 66.2 Å². The molecule has 1 aromatic carbocycles. The third kappa shape index (κ3) is 2.58. The van der Waals surface area contributed by atoms with Gasteiger partial charge in [-0.3, -0.25) is 14.6 Å². The number of carbonyl (C=O) groups is 2. The summed E-state index contributed by atoms with van der Waals surface area (Å²) in [6.07, 6.45) is 3.24. The average Bonchev–Trinajstić information content (AvgIpc) is 2.87. The number of aliphatic hydroxyl groups excluding tert-OH is 1. The van der Waals surface area contributed by atoms with Gasteiger partial charge in [0.05, 0.1) is 17.7 Å². The van der Waals surface area contributed by atoms with E-state index in [9.17, 15) is 14.7 Å². The number of hydrogen-bond acceptors (Lipinski definition) is 4. The Morgan fingerprint density at radius 3 is 2.50 bits per heavy atom. The molecule has 0 spiro atoms. The van der Waals surface area contributed by atoms with Crippen LogP contribution in [-0.2, 0) is 9.59 Å². The largest absolute Gasteiger partial charge is 0.503 e. The topological polar surface area (TPSA) is 70.5 Å². The maximum absolute atomic E-state index is 12.7. The number of aliphatic hydroxyl groups is 1. The highest BCUT2D eigenvalue weighted by molar-refractivity contribution is 6.08. The molecule has 0 aliphatic carbocycles. The zero-order valence-corrected chi connectivity index (χ0v) is 13.5. The lowest BCUT2D eigenvalue weighted by Gasteiger charge is -2.32. The summed E-state index contributed by atoms with van der Waals surface area (Å²) >= 11 is 0. The fourth-order valence-corrected chi connectivity index (χ4v) is 3.14. The van der Waals surface area contributed by atoms with Crippen molar-refractivity contribution in [3.8, 4) is 0 Å². The van der Waals surface area contributed by atoms with E-state index in [4.69, 9.17) is 0 Å². The van der Waals surface area contributed by atoms with Crippen LogP contribution >= 0.6 is 0 Å². The Labute approximate surface area is 140 Å². The van der Waals surface area contributed by atoms with Crippen molar-refractivity contribution in [2.24, 2.45) is 0 Å². The maximum atomic E-state index is 12.7. The second-order valence-corrected chi connectivity index (χ2v) is 5.81. The van der Waals surface area contributed by atoms with E-state index in [1.165, 1.54) is 6.92 Å². The molecule has 1 N–H and O–H groups in total. The summed E-state index contributed by atoms with van der Waals surface area (Å²) in [6.45, 7) is 3.24. The first-order valence-electron chi connectivity index (χ1n) is 7.74. The molecule has 1 aromatic heterocycles. The first kappa shape index (κ1) is 15.9. The number of amides is 1. The summed E-state index contributed by atoms with van der Waals surface area (Å²) in [7, 11) is 0. The van der Waals surface area contributed by atoms with E-state index in [2.05, 4.69) is 4.98 Å². The maximum Gasteiger partial charge on any atom is 0.290 e. The first-order valence-corrected chi connectivity index (χ1v) is 7.74. The minimum Gasteiger partial charge on any atom is -0.503 e. The van der Waals surface area contributed by atoms with E-state index in [0.717, 1.165) is 5.56 Å². The van der Waals surface area contributed by atoms with Crippen LogP contribution in [-0.4, -0.2) is 26.7 Å². The van der Waals surface area contributed by atoms with E-state index in [0.29, 0.717) is 5.56 Å². The number of nitrogens with zero attached hydrogens (tertiary/aromatic N) is 2. The SMILES string of the molecule is CC(=O)C1=C(O)C(=O)N(C(C)c2ccccc2)C1c1cccnc1. The molecule has 1 amide bonds. The monoisotopic (exact) mass is 322 g/mol. The number of benzene rings is 1. The van der Waals surface area contributed by atoms with E-state index in [-0.39, 0.29) is 17.4 Å². The van der Waals surface area contributed by atoms with Gasteiger partial charge in [0.15, 0.2) is 11.5 Å². The first-order chi connectivity index (χ1) is 11.5. The molecule has 1 aliphatic heterocycles. The normalized spacial score (nSPS) is 18.8. The van der Waals surface area contributed by atoms with Crippen LogP contribution in [0.25, 0.3) is 0 Å². The number of rotatable bonds is 4. The smallest absolute Gasteiger partial charge is 0.290 e. The number of ketones is 1. The van der Waals surface area contributed by atoms with Crippen LogP contribution < -0.4 is 0 Å². The van der Waals surface area contributed by atoms with Gasteiger partial charge in [0, 0.05) is 12.4 Å². The van der Waals surface area contributed by atoms with Gasteiger partial charge in [0.1, 0.15) is 0 Å². The molecule has 0 radical (unpaired) electrons. The van der Waals surface area contributed by atoms with Crippen molar-refractivity contribution in [2.75, 3.05) is 0 Å². The molecule has 122 valence electrons. The molecular formula is C19H18N2O3. The molecule has 0 saturated heterocycles. The molecule has 2 aromatic rings. The molecule has 2 unspecified atom stereocenters. The minimum atomic E-state index is -0.640. The van der Waals surface area contributed by atoms with Crippen molar-refractivity contribution >= 4 is 11.7 Å². The molecule has 5 heteroatoms. The van der Waals surface area contributed by atoms with Crippen LogP contribution in [0.5, 0.6) is 0 Å². The van der Waals surface area contributed by atoms with Gasteiger partial charge in [0.25, 0.3) is 5.91 Å². The van der Waals surface area contributed by atoms with E-state index < -0.39 is 17.7 Å². The Morgan fingerprint density at radius 2 is 1.92 bits per heavy atom. The lowest BCUT2D eigenvalue weighted by atomic mass is 9.96. The van der Waals surface area contributed by atoms with Gasteiger partial charge < -0.3 is 10.0 Å². The zero-order chi connectivity index (χ0) is 17.3. The Hall–Kier alpha value is -2.95.